The van der Waals surface area contributed by atoms with Crippen LogP contribution in [0.3, 0.4) is 0 Å². The summed E-state index contributed by atoms with van der Waals surface area (Å²) in [5.74, 6) is 0.883. The highest BCUT2D eigenvalue weighted by Gasteiger charge is 2.31. The number of anilines is 1. The molecule has 1 aliphatic rings. The first-order valence-electron chi connectivity index (χ1n) is 11.0. The van der Waals surface area contributed by atoms with Gasteiger partial charge in [-0.15, -0.1) is 0 Å². The van der Waals surface area contributed by atoms with E-state index in [1.54, 1.807) is 47.4 Å². The summed E-state index contributed by atoms with van der Waals surface area (Å²) in [7, 11) is 8.27. The Morgan fingerprint density at radius 3 is 2.53 bits per heavy atom. The van der Waals surface area contributed by atoms with Gasteiger partial charge in [-0.3, -0.25) is 4.98 Å². The van der Waals surface area contributed by atoms with E-state index in [0.717, 1.165) is 17.1 Å². The van der Waals surface area contributed by atoms with Gasteiger partial charge in [-0.25, -0.2) is 13.4 Å². The molecule has 1 aliphatic heterocycles. The maximum atomic E-state index is 13.0. The van der Waals surface area contributed by atoms with Crippen molar-refractivity contribution in [2.24, 2.45) is 0 Å². The Bertz CT molecular complexity index is 1400. The van der Waals surface area contributed by atoms with Crippen molar-refractivity contribution < 1.29 is 8.42 Å². The van der Waals surface area contributed by atoms with Gasteiger partial charge in [0, 0.05) is 55.9 Å². The Morgan fingerprint density at radius 2 is 1.82 bits per heavy atom. The van der Waals surface area contributed by atoms with Crippen LogP contribution in [-0.4, -0.2) is 61.1 Å². The fourth-order valence-electron chi connectivity index (χ4n) is 4.21. The van der Waals surface area contributed by atoms with Gasteiger partial charge in [0.25, 0.3) is 0 Å². The summed E-state index contributed by atoms with van der Waals surface area (Å²) in [5.41, 5.74) is 3.53. The molecular weight excluding hydrogens is 446 g/mol. The molecule has 1 N–H and O–H groups in total. The van der Waals surface area contributed by atoms with Gasteiger partial charge in [0.2, 0.25) is 10.0 Å². The molecular formula is C23H22B2N6O2S. The maximum absolute atomic E-state index is 13.0. The highest BCUT2D eigenvalue weighted by molar-refractivity contribution is 7.89. The monoisotopic (exact) mass is 468 g/mol. The number of sulfonamides is 1. The first-order valence-corrected chi connectivity index (χ1v) is 12.5. The molecule has 5 rings (SSSR count). The van der Waals surface area contributed by atoms with Gasteiger partial charge >= 0.3 is 0 Å². The maximum Gasteiger partial charge on any atom is 0.243 e. The van der Waals surface area contributed by atoms with Gasteiger partial charge < -0.3 is 5.32 Å². The van der Waals surface area contributed by atoms with Crippen LogP contribution in [0.5, 0.6) is 0 Å². The normalized spacial score (nSPS) is 15.5. The second kappa shape index (κ2) is 9.23. The van der Waals surface area contributed by atoms with Crippen molar-refractivity contribution in [3.8, 4) is 0 Å². The molecule has 34 heavy (non-hydrogen) atoms. The smallest absolute Gasteiger partial charge is 0.243 e. The summed E-state index contributed by atoms with van der Waals surface area (Å²) in [6, 6.07) is 12.2. The summed E-state index contributed by atoms with van der Waals surface area (Å²) < 4.78 is 29.3. The average molecular weight is 468 g/mol. The van der Waals surface area contributed by atoms with Crippen molar-refractivity contribution in [3.63, 3.8) is 0 Å². The number of nitrogens with zero attached hydrogens (tertiary/aromatic N) is 5. The molecule has 168 valence electrons. The van der Waals surface area contributed by atoms with Crippen LogP contribution in [-0.2, 0) is 16.6 Å². The first-order chi connectivity index (χ1) is 16.4. The topological polar surface area (TPSA) is 92.5 Å². The Balaban J connectivity index is 1.35. The fourth-order valence-corrected chi connectivity index (χ4v) is 5.68. The van der Waals surface area contributed by atoms with Crippen LogP contribution >= 0.6 is 0 Å². The third-order valence-electron chi connectivity index (χ3n) is 6.11. The third kappa shape index (κ3) is 4.45. The van der Waals surface area contributed by atoms with E-state index in [-0.39, 0.29) is 10.8 Å². The lowest BCUT2D eigenvalue weighted by atomic mass is 9.94. The van der Waals surface area contributed by atoms with Crippen LogP contribution in [0.1, 0.15) is 30.0 Å². The van der Waals surface area contributed by atoms with Crippen LogP contribution in [0, 0.1) is 0 Å². The van der Waals surface area contributed by atoms with Crippen molar-refractivity contribution >= 4 is 48.1 Å². The average Bonchev–Trinajstić information content (AvgIpc) is 3.24. The number of benzene rings is 1. The van der Waals surface area contributed by atoms with Crippen molar-refractivity contribution in [1.82, 2.24) is 23.9 Å². The SMILES string of the molecule is [B]c1ccc(S(=O)(=O)N2CCC(c3cc(NCc4cccnc4)n4ncc([B])c4n3)CC2)cc1. The molecule has 0 bridgehead atoms. The second-order valence-electron chi connectivity index (χ2n) is 8.36. The van der Waals surface area contributed by atoms with Crippen molar-refractivity contribution in [2.75, 3.05) is 18.4 Å². The van der Waals surface area contributed by atoms with Gasteiger partial charge in [0.1, 0.15) is 27.2 Å². The molecule has 0 atom stereocenters. The second-order valence-corrected chi connectivity index (χ2v) is 10.3. The van der Waals surface area contributed by atoms with Gasteiger partial charge in [-0.05, 0) is 42.1 Å². The molecule has 0 unspecified atom stereocenters. The van der Waals surface area contributed by atoms with Crippen molar-refractivity contribution in [3.05, 3.63) is 72.3 Å². The van der Waals surface area contributed by atoms with Gasteiger partial charge in [0.05, 0.1) is 4.90 Å². The minimum absolute atomic E-state index is 0.108. The zero-order chi connectivity index (χ0) is 23.7. The summed E-state index contributed by atoms with van der Waals surface area (Å²) in [6.45, 7) is 1.40. The van der Waals surface area contributed by atoms with Crippen molar-refractivity contribution in [2.45, 2.75) is 30.2 Å². The largest absolute Gasteiger partial charge is 0.366 e. The van der Waals surface area contributed by atoms with Crippen LogP contribution in [0.25, 0.3) is 5.65 Å². The van der Waals surface area contributed by atoms with E-state index in [4.69, 9.17) is 20.7 Å². The molecule has 0 amide bonds. The molecule has 11 heteroatoms. The number of nitrogens with one attached hydrogen (secondary N) is 1. The number of piperidine rings is 1. The lowest BCUT2D eigenvalue weighted by Crippen LogP contribution is -2.38. The molecule has 1 saturated heterocycles. The summed E-state index contributed by atoms with van der Waals surface area (Å²) >= 11 is 0. The number of hydrogen-bond donors (Lipinski definition) is 1. The number of hydrogen-bond acceptors (Lipinski definition) is 6. The first kappa shape index (κ1) is 22.6. The summed E-state index contributed by atoms with van der Waals surface area (Å²) in [5, 5.41) is 7.76. The predicted octanol–water partition coefficient (Wildman–Crippen LogP) is 0.892. The molecule has 3 aromatic heterocycles. The highest BCUT2D eigenvalue weighted by Crippen LogP contribution is 2.31. The van der Waals surface area contributed by atoms with Crippen LogP contribution in [0.2, 0.25) is 0 Å². The minimum Gasteiger partial charge on any atom is -0.366 e. The summed E-state index contributed by atoms with van der Waals surface area (Å²) in [6.07, 6.45) is 6.45. The zero-order valence-electron chi connectivity index (χ0n) is 18.5. The lowest BCUT2D eigenvalue weighted by Gasteiger charge is -2.31. The van der Waals surface area contributed by atoms with E-state index in [2.05, 4.69) is 15.4 Å². The molecule has 4 heterocycles. The predicted molar refractivity (Wildman–Crippen MR) is 133 cm³/mol. The quantitative estimate of drug-likeness (QED) is 0.423. The molecule has 4 radical (unpaired) electrons. The van der Waals surface area contributed by atoms with Crippen LogP contribution in [0.15, 0.2) is 66.0 Å². The van der Waals surface area contributed by atoms with Crippen molar-refractivity contribution in [1.29, 1.82) is 0 Å². The molecule has 0 saturated carbocycles. The van der Waals surface area contributed by atoms with E-state index in [0.29, 0.717) is 49.0 Å². The van der Waals surface area contributed by atoms with Crippen LogP contribution in [0.4, 0.5) is 5.82 Å². The van der Waals surface area contributed by atoms with E-state index in [1.807, 2.05) is 18.2 Å². The van der Waals surface area contributed by atoms with Gasteiger partial charge in [-0.1, -0.05) is 23.7 Å². The molecule has 1 aromatic carbocycles. The number of fused-ring (bicyclic) bond motifs is 1. The lowest BCUT2D eigenvalue weighted by molar-refractivity contribution is 0.317. The number of rotatable bonds is 6. The van der Waals surface area contributed by atoms with Gasteiger partial charge in [0.15, 0.2) is 0 Å². The molecule has 8 nitrogen and oxygen atoms in total. The standard InChI is InChI=1S/C23H22B2N6O2S/c24-18-3-5-19(6-4-18)34(32,33)30-10-7-17(8-11-30)21-12-22(27-14-16-2-1-9-26-13-16)31-23(29-21)20(25)15-28-31/h1-6,9,12-13,15,17,27H,7-8,10-11,14H2. The Hall–Kier alpha value is -3.17. The fraction of sp³-hybridized carbons (Fsp3) is 0.261. The minimum atomic E-state index is -3.56. The van der Waals surface area contributed by atoms with E-state index < -0.39 is 10.0 Å². The molecule has 4 aromatic rings. The Kier molecular flexibility index (Phi) is 6.14. The summed E-state index contributed by atoms with van der Waals surface area (Å²) in [4.78, 5) is 9.18. The molecule has 0 aliphatic carbocycles. The van der Waals surface area contributed by atoms with Crippen LogP contribution < -0.4 is 16.2 Å². The Labute approximate surface area is 201 Å². The van der Waals surface area contributed by atoms with E-state index in [9.17, 15) is 8.42 Å². The highest BCUT2D eigenvalue weighted by atomic mass is 32.2. The van der Waals surface area contributed by atoms with Gasteiger partial charge in [-0.2, -0.15) is 13.9 Å². The number of aromatic nitrogens is 4. The number of pyridine rings is 1. The third-order valence-corrected chi connectivity index (χ3v) is 8.02. The van der Waals surface area contributed by atoms with E-state index >= 15 is 0 Å². The zero-order valence-corrected chi connectivity index (χ0v) is 19.3. The molecule has 1 fully saturated rings. The van der Waals surface area contributed by atoms with E-state index in [1.165, 1.54) is 4.31 Å². The Morgan fingerprint density at radius 1 is 1.06 bits per heavy atom. The molecule has 0 spiro atoms.